The minimum atomic E-state index is -1.35. The fraction of sp³-hybridized carbons (Fsp3) is 0.222. The number of pyridine rings is 1. The van der Waals surface area contributed by atoms with Crippen LogP contribution in [0.15, 0.2) is 59.8 Å². The smallest absolute Gasteiger partial charge is 0.341 e. The lowest BCUT2D eigenvalue weighted by Crippen LogP contribution is -2.32. The summed E-state index contributed by atoms with van der Waals surface area (Å²) in [6, 6.07) is 9.90. The summed E-state index contributed by atoms with van der Waals surface area (Å²) in [6.45, 7) is 4.55. The summed E-state index contributed by atoms with van der Waals surface area (Å²) in [4.78, 5) is 24.9. The number of aromatic hydroxyl groups is 1. The number of aromatic carboxylic acids is 1. The fourth-order valence-corrected chi connectivity index (χ4v) is 3.11. The first-order valence-electron chi connectivity index (χ1n) is 7.66. The molecule has 0 spiro atoms. The summed E-state index contributed by atoms with van der Waals surface area (Å²) < 4.78 is 1.55. The van der Waals surface area contributed by atoms with Crippen molar-refractivity contribution in [2.75, 3.05) is 4.90 Å². The minimum Gasteiger partial charge on any atom is -0.503 e. The second-order valence-corrected chi connectivity index (χ2v) is 5.85. The van der Waals surface area contributed by atoms with Crippen LogP contribution in [0.4, 0.5) is 5.69 Å². The molecule has 1 aliphatic heterocycles. The Morgan fingerprint density at radius 3 is 2.62 bits per heavy atom. The van der Waals surface area contributed by atoms with Crippen LogP contribution in [-0.4, -0.2) is 26.8 Å². The molecule has 1 saturated heterocycles. The molecule has 1 aromatic carbocycles. The summed E-state index contributed by atoms with van der Waals surface area (Å²) in [5.41, 5.74) is 0.719. The first-order valence-corrected chi connectivity index (χ1v) is 7.66. The van der Waals surface area contributed by atoms with Crippen molar-refractivity contribution in [1.29, 1.82) is 0 Å². The van der Waals surface area contributed by atoms with E-state index < -0.39 is 22.7 Å². The van der Waals surface area contributed by atoms with Crippen molar-refractivity contribution in [2.45, 2.75) is 25.4 Å². The third-order valence-corrected chi connectivity index (χ3v) is 4.22. The van der Waals surface area contributed by atoms with Gasteiger partial charge in [-0.2, -0.15) is 0 Å². The van der Waals surface area contributed by atoms with Gasteiger partial charge < -0.3 is 19.7 Å². The minimum absolute atomic E-state index is 0.0726. The zero-order valence-electron chi connectivity index (χ0n) is 13.1. The largest absolute Gasteiger partial charge is 0.503 e. The molecule has 6 heteroatoms. The Balaban J connectivity index is 1.92. The highest BCUT2D eigenvalue weighted by Gasteiger charge is 2.28. The number of benzene rings is 1. The average Bonchev–Trinajstić information content (AvgIpc) is 2.91. The van der Waals surface area contributed by atoms with E-state index in [0.717, 1.165) is 24.2 Å². The van der Waals surface area contributed by atoms with Crippen LogP contribution in [0.25, 0.3) is 0 Å². The number of carbonyl (C=O) groups is 1. The lowest BCUT2D eigenvalue weighted by Gasteiger charge is -2.28. The van der Waals surface area contributed by atoms with Gasteiger partial charge in [-0.1, -0.05) is 24.8 Å². The summed E-state index contributed by atoms with van der Waals surface area (Å²) in [7, 11) is 0. The number of anilines is 1. The van der Waals surface area contributed by atoms with E-state index in [4.69, 9.17) is 5.11 Å². The lowest BCUT2D eigenvalue weighted by atomic mass is 10.2. The molecule has 0 amide bonds. The van der Waals surface area contributed by atoms with Crippen molar-refractivity contribution in [1.82, 2.24) is 4.57 Å². The second-order valence-electron chi connectivity index (χ2n) is 5.85. The maximum atomic E-state index is 11.7. The number of carboxylic acid groups (broad SMARTS) is 1. The van der Waals surface area contributed by atoms with Crippen LogP contribution >= 0.6 is 0 Å². The summed E-state index contributed by atoms with van der Waals surface area (Å²) >= 11 is 0. The molecule has 1 aliphatic rings. The molecule has 2 heterocycles. The topological polar surface area (TPSA) is 82.8 Å². The molecule has 1 atom stereocenters. The zero-order valence-corrected chi connectivity index (χ0v) is 13.1. The molecule has 2 N–H and O–H groups in total. The number of carboxylic acids is 1. The molecular formula is C18H18N2O4. The van der Waals surface area contributed by atoms with Crippen molar-refractivity contribution in [3.8, 4) is 5.75 Å². The highest BCUT2D eigenvalue weighted by molar-refractivity contribution is 5.87. The van der Waals surface area contributed by atoms with E-state index in [1.165, 1.54) is 12.4 Å². The Morgan fingerprint density at radius 1 is 1.25 bits per heavy atom. The van der Waals surface area contributed by atoms with Crippen LogP contribution in [0.3, 0.4) is 0 Å². The van der Waals surface area contributed by atoms with Crippen LogP contribution in [0.1, 0.15) is 23.2 Å². The number of hydrogen-bond donors (Lipinski definition) is 2. The monoisotopic (exact) mass is 326 g/mol. The van der Waals surface area contributed by atoms with Gasteiger partial charge in [0.05, 0.1) is 6.04 Å². The van der Waals surface area contributed by atoms with Gasteiger partial charge in [0.2, 0.25) is 5.43 Å². The second kappa shape index (κ2) is 6.23. The Bertz CT molecular complexity index is 842. The highest BCUT2D eigenvalue weighted by Crippen LogP contribution is 2.32. The van der Waals surface area contributed by atoms with Crippen LogP contribution in [0.5, 0.6) is 5.75 Å². The molecule has 3 rings (SSSR count). The number of hydrogen-bond acceptors (Lipinski definition) is 4. The molecule has 6 nitrogen and oxygen atoms in total. The number of rotatable bonds is 4. The van der Waals surface area contributed by atoms with Crippen LogP contribution in [0.2, 0.25) is 0 Å². The van der Waals surface area contributed by atoms with Gasteiger partial charge in [-0.3, -0.25) is 4.79 Å². The molecule has 24 heavy (non-hydrogen) atoms. The van der Waals surface area contributed by atoms with Gasteiger partial charge in [0.1, 0.15) is 5.56 Å². The third-order valence-electron chi connectivity index (χ3n) is 4.22. The lowest BCUT2D eigenvalue weighted by molar-refractivity contribution is 0.0693. The van der Waals surface area contributed by atoms with Gasteiger partial charge in [0.25, 0.3) is 0 Å². The van der Waals surface area contributed by atoms with E-state index in [0.29, 0.717) is 6.54 Å². The number of allylic oxidation sites excluding steroid dienone is 1. The van der Waals surface area contributed by atoms with E-state index in [1.54, 1.807) is 4.57 Å². The maximum Gasteiger partial charge on any atom is 0.341 e. The fourth-order valence-electron chi connectivity index (χ4n) is 3.11. The van der Waals surface area contributed by atoms with Crippen molar-refractivity contribution in [3.63, 3.8) is 0 Å². The van der Waals surface area contributed by atoms with E-state index in [2.05, 4.69) is 11.5 Å². The van der Waals surface area contributed by atoms with Crippen molar-refractivity contribution >= 4 is 11.7 Å². The van der Waals surface area contributed by atoms with Gasteiger partial charge in [0, 0.05) is 30.3 Å². The Morgan fingerprint density at radius 2 is 1.96 bits per heavy atom. The molecular weight excluding hydrogens is 308 g/mol. The van der Waals surface area contributed by atoms with Gasteiger partial charge in [0.15, 0.2) is 5.75 Å². The molecule has 1 fully saturated rings. The van der Waals surface area contributed by atoms with E-state index in [-0.39, 0.29) is 6.04 Å². The van der Waals surface area contributed by atoms with Gasteiger partial charge in [-0.25, -0.2) is 4.79 Å². The predicted molar refractivity (Wildman–Crippen MR) is 90.4 cm³/mol. The predicted octanol–water partition coefficient (Wildman–Crippen LogP) is 2.43. The number of para-hydroxylation sites is 1. The first-order chi connectivity index (χ1) is 11.5. The molecule has 0 aliphatic carbocycles. The van der Waals surface area contributed by atoms with Crippen LogP contribution in [-0.2, 0) is 6.54 Å². The van der Waals surface area contributed by atoms with Crippen LogP contribution in [0, 0.1) is 0 Å². The summed E-state index contributed by atoms with van der Waals surface area (Å²) in [5, 5.41) is 18.8. The van der Waals surface area contributed by atoms with Crippen LogP contribution < -0.4 is 10.3 Å². The molecule has 0 radical (unpaired) electrons. The molecule has 0 saturated carbocycles. The maximum absolute atomic E-state index is 11.7. The van der Waals surface area contributed by atoms with E-state index >= 15 is 0 Å². The number of nitrogens with zero attached hydrogens (tertiary/aromatic N) is 2. The standard InChI is InChI=1S/C18H18N2O4/c1-12-7-8-14(20(12)13-5-3-2-4-6-13)9-19-10-15(18(23)24)17(22)16(21)11-19/h2-6,10-11,14,21H,1,7-9H2,(H,23,24). The van der Waals surface area contributed by atoms with Crippen molar-refractivity contribution in [2.24, 2.45) is 0 Å². The van der Waals surface area contributed by atoms with Crippen molar-refractivity contribution < 1.29 is 15.0 Å². The van der Waals surface area contributed by atoms with Crippen molar-refractivity contribution in [3.05, 3.63) is 70.8 Å². The van der Waals surface area contributed by atoms with Gasteiger partial charge in [-0.15, -0.1) is 0 Å². The average molecular weight is 326 g/mol. The number of aromatic nitrogens is 1. The Kier molecular flexibility index (Phi) is 4.12. The van der Waals surface area contributed by atoms with Gasteiger partial charge >= 0.3 is 5.97 Å². The van der Waals surface area contributed by atoms with E-state index in [9.17, 15) is 14.7 Å². The molecule has 124 valence electrons. The summed E-state index contributed by atoms with van der Waals surface area (Å²) in [5.74, 6) is -1.90. The Labute approximate surface area is 138 Å². The quantitative estimate of drug-likeness (QED) is 0.902. The molecule has 1 unspecified atom stereocenters. The third kappa shape index (κ3) is 2.90. The Hall–Kier alpha value is -3.02. The zero-order chi connectivity index (χ0) is 17.3. The molecule has 1 aromatic heterocycles. The van der Waals surface area contributed by atoms with Gasteiger partial charge in [-0.05, 0) is 25.0 Å². The molecule has 0 bridgehead atoms. The summed E-state index contributed by atoms with van der Waals surface area (Å²) in [6.07, 6.45) is 4.26. The molecule has 2 aromatic rings. The SMILES string of the molecule is C=C1CCC(Cn2cc(O)c(=O)c(C(=O)O)c2)N1c1ccccc1. The first kappa shape index (κ1) is 15.9. The van der Waals surface area contributed by atoms with E-state index in [1.807, 2.05) is 30.3 Å². The highest BCUT2D eigenvalue weighted by atomic mass is 16.4. The normalized spacial score (nSPS) is 17.2.